The van der Waals surface area contributed by atoms with E-state index < -0.39 is 12.0 Å². The van der Waals surface area contributed by atoms with Crippen molar-refractivity contribution in [1.82, 2.24) is 5.32 Å². The lowest BCUT2D eigenvalue weighted by molar-refractivity contribution is -0.139. The van der Waals surface area contributed by atoms with Gasteiger partial charge in [-0.15, -0.1) is 12.4 Å². The third-order valence-electron chi connectivity index (χ3n) is 3.36. The molecule has 0 aliphatic heterocycles. The second kappa shape index (κ2) is 9.02. The number of aliphatic carboxylic acids is 1. The average Bonchev–Trinajstić information content (AvgIpc) is 2.55. The number of halogens is 1. The Morgan fingerprint density at radius 1 is 1.13 bits per heavy atom. The standard InChI is InChI=1S/C17H19NO4.ClH/c1-21-14-8-9-15(22-2)13(10-14)11-18-16(17(19)20)12-6-4-3-5-7-12;/h3-10,16,18H,11H2,1-2H3,(H,19,20);1H/t16-;/m0./s1. The lowest BCUT2D eigenvalue weighted by Crippen LogP contribution is -2.28. The predicted molar refractivity (Wildman–Crippen MR) is 90.5 cm³/mol. The van der Waals surface area contributed by atoms with Gasteiger partial charge in [-0.05, 0) is 23.8 Å². The van der Waals surface area contributed by atoms with Crippen LogP contribution < -0.4 is 14.8 Å². The van der Waals surface area contributed by atoms with Crippen molar-refractivity contribution in [3.8, 4) is 11.5 Å². The number of carboxylic acids is 1. The number of ether oxygens (including phenoxy) is 2. The van der Waals surface area contributed by atoms with Gasteiger partial charge in [-0.25, -0.2) is 0 Å². The van der Waals surface area contributed by atoms with Crippen molar-refractivity contribution in [2.24, 2.45) is 0 Å². The summed E-state index contributed by atoms with van der Waals surface area (Å²) < 4.78 is 10.5. The van der Waals surface area contributed by atoms with Gasteiger partial charge in [0, 0.05) is 12.1 Å². The molecule has 0 saturated heterocycles. The highest BCUT2D eigenvalue weighted by atomic mass is 35.5. The zero-order valence-electron chi connectivity index (χ0n) is 13.0. The Morgan fingerprint density at radius 3 is 2.39 bits per heavy atom. The van der Waals surface area contributed by atoms with Crippen LogP contribution in [0.25, 0.3) is 0 Å². The largest absolute Gasteiger partial charge is 0.497 e. The van der Waals surface area contributed by atoms with E-state index in [0.717, 1.165) is 5.56 Å². The second-order valence-corrected chi connectivity index (χ2v) is 4.74. The maximum absolute atomic E-state index is 11.5. The Morgan fingerprint density at radius 2 is 1.83 bits per heavy atom. The number of nitrogens with one attached hydrogen (secondary N) is 1. The number of benzene rings is 2. The molecule has 23 heavy (non-hydrogen) atoms. The second-order valence-electron chi connectivity index (χ2n) is 4.74. The van der Waals surface area contributed by atoms with Gasteiger partial charge in [-0.3, -0.25) is 10.1 Å². The van der Waals surface area contributed by atoms with Gasteiger partial charge in [-0.2, -0.15) is 0 Å². The fourth-order valence-electron chi connectivity index (χ4n) is 2.23. The summed E-state index contributed by atoms with van der Waals surface area (Å²) in [7, 11) is 3.17. The third kappa shape index (κ3) is 4.87. The summed E-state index contributed by atoms with van der Waals surface area (Å²) in [6.07, 6.45) is 0. The van der Waals surface area contributed by atoms with Crippen LogP contribution in [0.2, 0.25) is 0 Å². The molecule has 0 fully saturated rings. The number of methoxy groups -OCH3 is 2. The monoisotopic (exact) mass is 337 g/mol. The predicted octanol–water partition coefficient (Wildman–Crippen LogP) is 3.04. The minimum Gasteiger partial charge on any atom is -0.497 e. The molecule has 0 heterocycles. The van der Waals surface area contributed by atoms with E-state index in [1.165, 1.54) is 0 Å². The van der Waals surface area contributed by atoms with Crippen molar-refractivity contribution in [3.63, 3.8) is 0 Å². The van der Waals surface area contributed by atoms with Gasteiger partial charge in [0.2, 0.25) is 0 Å². The molecule has 1 atom stereocenters. The van der Waals surface area contributed by atoms with Crippen molar-refractivity contribution in [2.45, 2.75) is 12.6 Å². The quantitative estimate of drug-likeness (QED) is 0.812. The van der Waals surface area contributed by atoms with Crippen LogP contribution in [-0.4, -0.2) is 25.3 Å². The van der Waals surface area contributed by atoms with E-state index in [9.17, 15) is 9.90 Å². The highest BCUT2D eigenvalue weighted by Crippen LogP contribution is 2.24. The van der Waals surface area contributed by atoms with E-state index in [2.05, 4.69) is 5.32 Å². The molecule has 0 spiro atoms. The maximum Gasteiger partial charge on any atom is 0.325 e. The topological polar surface area (TPSA) is 67.8 Å². The molecular weight excluding hydrogens is 318 g/mol. The van der Waals surface area contributed by atoms with Crippen LogP contribution >= 0.6 is 12.4 Å². The van der Waals surface area contributed by atoms with Crippen LogP contribution in [0.1, 0.15) is 17.2 Å². The van der Waals surface area contributed by atoms with Crippen LogP contribution in [0.5, 0.6) is 11.5 Å². The Kier molecular flexibility index (Phi) is 7.38. The first-order chi connectivity index (χ1) is 10.7. The molecule has 2 rings (SSSR count). The average molecular weight is 338 g/mol. The zero-order valence-corrected chi connectivity index (χ0v) is 13.8. The highest BCUT2D eigenvalue weighted by molar-refractivity contribution is 5.85. The van der Waals surface area contributed by atoms with Crippen molar-refractivity contribution in [2.75, 3.05) is 14.2 Å². The molecule has 5 nitrogen and oxygen atoms in total. The summed E-state index contributed by atoms with van der Waals surface area (Å²) in [4.78, 5) is 11.5. The van der Waals surface area contributed by atoms with Crippen molar-refractivity contribution in [3.05, 3.63) is 59.7 Å². The molecule has 0 amide bonds. The lowest BCUT2D eigenvalue weighted by atomic mass is 10.1. The molecule has 0 aliphatic carbocycles. The number of hydrogen-bond acceptors (Lipinski definition) is 4. The van der Waals surface area contributed by atoms with E-state index in [1.807, 2.05) is 24.3 Å². The molecule has 0 radical (unpaired) electrons. The van der Waals surface area contributed by atoms with Crippen LogP contribution in [0.15, 0.2) is 48.5 Å². The number of carbonyl (C=O) groups is 1. The SMILES string of the molecule is COc1ccc(OC)c(CN[C@H](C(=O)O)c2ccccc2)c1.Cl. The Labute approximate surface area is 141 Å². The summed E-state index contributed by atoms with van der Waals surface area (Å²) in [5, 5.41) is 12.5. The number of carboxylic acid groups (broad SMARTS) is 1. The van der Waals surface area contributed by atoms with Crippen molar-refractivity contribution in [1.29, 1.82) is 0 Å². The molecule has 2 aromatic rings. The van der Waals surface area contributed by atoms with Crippen LogP contribution in [0.4, 0.5) is 0 Å². The Balaban J connectivity index is 0.00000264. The number of rotatable bonds is 7. The van der Waals surface area contributed by atoms with E-state index >= 15 is 0 Å². The summed E-state index contributed by atoms with van der Waals surface area (Å²) >= 11 is 0. The molecular formula is C17H20ClNO4. The van der Waals surface area contributed by atoms with Gasteiger partial charge in [0.05, 0.1) is 14.2 Å². The summed E-state index contributed by atoms with van der Waals surface area (Å²) in [5.74, 6) is 0.461. The molecule has 0 unspecified atom stereocenters. The molecule has 0 aromatic heterocycles. The minimum absolute atomic E-state index is 0. The molecule has 124 valence electrons. The minimum atomic E-state index is -0.923. The first-order valence-electron chi connectivity index (χ1n) is 6.87. The fourth-order valence-corrected chi connectivity index (χ4v) is 2.23. The molecule has 2 N–H and O–H groups in total. The van der Waals surface area contributed by atoms with Gasteiger partial charge in [0.25, 0.3) is 0 Å². The summed E-state index contributed by atoms with van der Waals surface area (Å²) in [6.45, 7) is 0.353. The normalized spacial score (nSPS) is 11.2. The van der Waals surface area contributed by atoms with Gasteiger partial charge >= 0.3 is 5.97 Å². The smallest absolute Gasteiger partial charge is 0.325 e. The van der Waals surface area contributed by atoms with Crippen LogP contribution in [0.3, 0.4) is 0 Å². The summed E-state index contributed by atoms with van der Waals surface area (Å²) in [6, 6.07) is 13.7. The maximum atomic E-state index is 11.5. The Bertz CT molecular complexity index is 634. The first kappa shape index (κ1) is 18.8. The van der Waals surface area contributed by atoms with E-state index in [-0.39, 0.29) is 12.4 Å². The van der Waals surface area contributed by atoms with E-state index in [0.29, 0.717) is 23.6 Å². The molecule has 2 aromatic carbocycles. The lowest BCUT2D eigenvalue weighted by Gasteiger charge is -2.16. The molecule has 0 saturated carbocycles. The molecule has 6 heteroatoms. The van der Waals surface area contributed by atoms with Gasteiger partial charge < -0.3 is 14.6 Å². The van der Waals surface area contributed by atoms with Gasteiger partial charge in [-0.1, -0.05) is 30.3 Å². The third-order valence-corrected chi connectivity index (χ3v) is 3.36. The Hall–Kier alpha value is -2.24. The van der Waals surface area contributed by atoms with Gasteiger partial charge in [0.1, 0.15) is 17.5 Å². The molecule has 0 bridgehead atoms. The van der Waals surface area contributed by atoms with Crippen molar-refractivity contribution < 1.29 is 19.4 Å². The van der Waals surface area contributed by atoms with E-state index in [1.54, 1.807) is 38.5 Å². The fraction of sp³-hybridized carbons (Fsp3) is 0.235. The van der Waals surface area contributed by atoms with Crippen molar-refractivity contribution >= 4 is 18.4 Å². The van der Waals surface area contributed by atoms with Crippen LogP contribution in [-0.2, 0) is 11.3 Å². The van der Waals surface area contributed by atoms with Crippen LogP contribution in [0, 0.1) is 0 Å². The number of hydrogen-bond donors (Lipinski definition) is 2. The van der Waals surface area contributed by atoms with E-state index in [4.69, 9.17) is 9.47 Å². The summed E-state index contributed by atoms with van der Waals surface area (Å²) in [5.41, 5.74) is 1.54. The highest BCUT2D eigenvalue weighted by Gasteiger charge is 2.19. The molecule has 0 aliphatic rings. The zero-order chi connectivity index (χ0) is 15.9. The van der Waals surface area contributed by atoms with Gasteiger partial charge in [0.15, 0.2) is 0 Å². The first-order valence-corrected chi connectivity index (χ1v) is 6.87.